The van der Waals surface area contributed by atoms with Gasteiger partial charge in [0.2, 0.25) is 0 Å². The molecule has 0 aliphatic heterocycles. The van der Waals surface area contributed by atoms with E-state index in [0.29, 0.717) is 11.8 Å². The Labute approximate surface area is 285 Å². The van der Waals surface area contributed by atoms with Gasteiger partial charge in [0.1, 0.15) is 6.10 Å². The van der Waals surface area contributed by atoms with Crippen molar-refractivity contribution < 1.29 is 18.4 Å². The van der Waals surface area contributed by atoms with Crippen molar-refractivity contribution in [1.29, 1.82) is 0 Å². The Morgan fingerprint density at radius 2 is 1.48 bits per heavy atom. The molecule has 0 aromatic heterocycles. The molecular weight excluding hydrogens is 603 g/mol. The van der Waals surface area contributed by atoms with E-state index in [0.717, 1.165) is 32.1 Å². The highest BCUT2D eigenvalue weighted by atomic mass is 28.4. The van der Waals surface area contributed by atoms with Crippen molar-refractivity contribution in [3.05, 3.63) is 34.9 Å². The van der Waals surface area contributed by atoms with Gasteiger partial charge in [-0.25, -0.2) is 0 Å². The summed E-state index contributed by atoms with van der Waals surface area (Å²) in [6.07, 6.45) is 12.5. The van der Waals surface area contributed by atoms with E-state index in [9.17, 15) is 4.79 Å². The number of ether oxygens (including phenoxy) is 1. The van der Waals surface area contributed by atoms with E-state index in [1.165, 1.54) is 11.1 Å². The van der Waals surface area contributed by atoms with Gasteiger partial charge in [-0.3, -0.25) is 4.79 Å². The molecule has 1 amide bonds. The Kier molecular flexibility index (Phi) is 9.95. The molecule has 0 heterocycles. The fourth-order valence-corrected chi connectivity index (χ4v) is 11.6. The Bertz CT molecular complexity index is 1280. The summed E-state index contributed by atoms with van der Waals surface area (Å²) in [5.41, 5.74) is 3.95. The van der Waals surface area contributed by atoms with Crippen LogP contribution in [0.4, 0.5) is 0 Å². The first-order valence-corrected chi connectivity index (χ1v) is 23.9. The van der Waals surface area contributed by atoms with Crippen LogP contribution >= 0.6 is 0 Å². The predicted octanol–water partition coefficient (Wildman–Crippen LogP) is 10.1. The van der Waals surface area contributed by atoms with E-state index in [1.807, 2.05) is 6.92 Å². The van der Waals surface area contributed by atoms with Gasteiger partial charge in [-0.05, 0) is 112 Å². The first-order chi connectivity index (χ1) is 20.7. The molecule has 0 aromatic rings. The summed E-state index contributed by atoms with van der Waals surface area (Å²) in [6, 6.07) is 0. The van der Waals surface area contributed by atoms with Crippen molar-refractivity contribution in [2.24, 2.45) is 22.7 Å². The minimum absolute atomic E-state index is 0.00680. The van der Waals surface area contributed by atoms with Crippen molar-refractivity contribution >= 4 is 22.5 Å². The second-order valence-electron chi connectivity index (χ2n) is 19.4. The fraction of sp³-hybridized carbons (Fsp3) is 0.821. The third-order valence-electron chi connectivity index (χ3n) is 13.6. The van der Waals surface area contributed by atoms with Crippen molar-refractivity contribution in [3.63, 3.8) is 0 Å². The maximum atomic E-state index is 12.7. The van der Waals surface area contributed by atoms with Crippen LogP contribution in [-0.2, 0) is 18.4 Å². The van der Waals surface area contributed by atoms with Crippen LogP contribution in [-0.4, -0.2) is 65.5 Å². The van der Waals surface area contributed by atoms with Crippen molar-refractivity contribution in [2.75, 3.05) is 14.1 Å². The summed E-state index contributed by atoms with van der Waals surface area (Å²) in [6.45, 7) is 35.0. The molecule has 4 aliphatic rings. The van der Waals surface area contributed by atoms with E-state index < -0.39 is 28.3 Å². The molecule has 5 nitrogen and oxygen atoms in total. The Morgan fingerprint density at radius 1 is 0.913 bits per heavy atom. The largest absolute Gasteiger partial charge is 0.414 e. The summed E-state index contributed by atoms with van der Waals surface area (Å²) in [7, 11) is -0.394. The van der Waals surface area contributed by atoms with Gasteiger partial charge in [-0.1, -0.05) is 84.8 Å². The van der Waals surface area contributed by atoms with Gasteiger partial charge >= 0.3 is 0 Å². The topological polar surface area (TPSA) is 48.0 Å². The summed E-state index contributed by atoms with van der Waals surface area (Å²) in [5, 5.41) is 0.313. The highest BCUT2D eigenvalue weighted by molar-refractivity contribution is 6.74. The highest BCUT2D eigenvalue weighted by Crippen LogP contribution is 2.66. The first kappa shape index (κ1) is 37.8. The van der Waals surface area contributed by atoms with Crippen LogP contribution in [0.5, 0.6) is 0 Å². The molecule has 4 aliphatic carbocycles. The minimum atomic E-state index is -2.06. The van der Waals surface area contributed by atoms with Crippen LogP contribution in [0.3, 0.4) is 0 Å². The zero-order valence-electron chi connectivity index (χ0n) is 32.7. The van der Waals surface area contributed by atoms with E-state index in [4.69, 9.17) is 13.6 Å². The first-order valence-electron chi connectivity index (χ1n) is 18.1. The van der Waals surface area contributed by atoms with Crippen LogP contribution in [0.2, 0.25) is 36.3 Å². The molecule has 1 unspecified atom stereocenters. The third kappa shape index (κ3) is 6.50. The number of allylic oxidation sites excluding steroid dienone is 4. The van der Waals surface area contributed by atoms with Gasteiger partial charge in [0.25, 0.3) is 5.91 Å². The molecule has 0 radical (unpaired) electrons. The lowest BCUT2D eigenvalue weighted by Crippen LogP contribution is -2.58. The number of fused-ring (bicyclic) bond motifs is 5. The molecule has 262 valence electrons. The molecule has 0 saturated heterocycles. The quantitative estimate of drug-likeness (QED) is 0.190. The van der Waals surface area contributed by atoms with Crippen molar-refractivity contribution in [1.82, 2.24) is 4.90 Å². The van der Waals surface area contributed by atoms with Crippen molar-refractivity contribution in [2.45, 2.75) is 168 Å². The molecule has 0 spiro atoms. The minimum Gasteiger partial charge on any atom is -0.414 e. The SMILES string of the molecule is CC(OC(C)(C)C1=CC[C@H]2C3=CC=C4C[C@@H](O[Si](C)(C)C(C)(C)C)C[C@H](O[Si](C)(C)C(C)(C)C)[C@]4(C)[C@H]3CC[C@]12C)C(=O)N(C)C. The molecule has 2 fully saturated rings. The molecule has 0 aromatic carbocycles. The van der Waals surface area contributed by atoms with Gasteiger partial charge in [-0.2, -0.15) is 0 Å². The summed E-state index contributed by atoms with van der Waals surface area (Å²) in [4.78, 5) is 14.4. The smallest absolute Gasteiger partial charge is 0.250 e. The van der Waals surface area contributed by atoms with Crippen LogP contribution < -0.4 is 0 Å². The van der Waals surface area contributed by atoms with Gasteiger partial charge < -0.3 is 18.5 Å². The molecule has 7 heteroatoms. The van der Waals surface area contributed by atoms with Gasteiger partial charge in [0.15, 0.2) is 16.6 Å². The maximum absolute atomic E-state index is 12.7. The number of nitrogens with zero attached hydrogens (tertiary/aromatic N) is 1. The van der Waals surface area contributed by atoms with Crippen LogP contribution in [0.25, 0.3) is 0 Å². The van der Waals surface area contributed by atoms with E-state index in [2.05, 4.69) is 114 Å². The van der Waals surface area contributed by atoms with Crippen molar-refractivity contribution in [3.8, 4) is 0 Å². The molecule has 46 heavy (non-hydrogen) atoms. The number of rotatable bonds is 8. The number of carbonyl (C=O) groups excluding carboxylic acids is 1. The second kappa shape index (κ2) is 12.1. The number of hydrogen-bond donors (Lipinski definition) is 0. The van der Waals surface area contributed by atoms with Crippen LogP contribution in [0, 0.1) is 22.7 Å². The lowest BCUT2D eigenvalue weighted by Gasteiger charge is -2.59. The molecule has 0 bridgehead atoms. The zero-order chi connectivity index (χ0) is 35.1. The molecule has 2 saturated carbocycles. The Balaban J connectivity index is 1.70. The highest BCUT2D eigenvalue weighted by Gasteiger charge is 2.60. The fourth-order valence-electron chi connectivity index (χ4n) is 8.83. The average molecular weight is 672 g/mol. The van der Waals surface area contributed by atoms with Crippen LogP contribution in [0.1, 0.15) is 108 Å². The Morgan fingerprint density at radius 3 is 2.02 bits per heavy atom. The summed E-state index contributed by atoms with van der Waals surface area (Å²) in [5.74, 6) is 0.909. The summed E-state index contributed by atoms with van der Waals surface area (Å²) >= 11 is 0. The molecule has 0 N–H and O–H groups in total. The van der Waals surface area contributed by atoms with Crippen LogP contribution in [0.15, 0.2) is 34.9 Å². The normalized spacial score (nSPS) is 32.8. The third-order valence-corrected chi connectivity index (χ3v) is 22.6. The van der Waals surface area contributed by atoms with E-state index >= 15 is 0 Å². The number of likely N-dealkylation sites (N-methyl/N-ethyl adjacent to an activating group) is 1. The molecular formula is C39H69NO4Si2. The lowest BCUT2D eigenvalue weighted by molar-refractivity contribution is -0.148. The number of hydrogen-bond acceptors (Lipinski definition) is 4. The second-order valence-corrected chi connectivity index (χ2v) is 28.9. The lowest BCUT2D eigenvalue weighted by atomic mass is 9.49. The number of amides is 1. The Hall–Kier alpha value is -0.996. The molecule has 4 rings (SSSR count). The predicted molar refractivity (Wildman–Crippen MR) is 198 cm³/mol. The molecule has 7 atom stereocenters. The standard InChI is InChI=1S/C39H69NO4Si2/c1-26(34(41)40(12)13)42-37(8,9)32-21-20-30-29-19-18-27-24-28(43-45(14,15)35(2,3)4)25-33(44-46(16,17)36(5,6)7)39(27,11)31(29)22-23-38(30,32)10/h18-19,21,26,28,30-31,33H,20,22-25H2,1-17H3/t26?,28-,30+,31+,33+,38+,39+/m1/s1. The van der Waals surface area contributed by atoms with Gasteiger partial charge in [0, 0.05) is 19.5 Å². The van der Waals surface area contributed by atoms with E-state index in [-0.39, 0.29) is 39.0 Å². The maximum Gasteiger partial charge on any atom is 0.250 e. The zero-order valence-corrected chi connectivity index (χ0v) is 34.7. The van der Waals surface area contributed by atoms with Gasteiger partial charge in [0.05, 0.1) is 17.8 Å². The number of carbonyl (C=O) groups is 1. The summed E-state index contributed by atoms with van der Waals surface area (Å²) < 4.78 is 21.3. The van der Waals surface area contributed by atoms with E-state index in [1.54, 1.807) is 24.6 Å². The monoisotopic (exact) mass is 671 g/mol. The van der Waals surface area contributed by atoms with Gasteiger partial charge in [-0.15, -0.1) is 0 Å². The average Bonchev–Trinajstić information content (AvgIpc) is 3.25.